The second kappa shape index (κ2) is 11.7. The number of Topliss-reactive ketones (excluding diaryl/α,β-unsaturated/α-hetero) is 1. The van der Waals surface area contributed by atoms with Crippen molar-refractivity contribution in [3.63, 3.8) is 0 Å². The maximum Gasteiger partial charge on any atom is 0.204 e. The summed E-state index contributed by atoms with van der Waals surface area (Å²) < 4.78 is 45.2. The van der Waals surface area contributed by atoms with Crippen LogP contribution in [0.4, 0.5) is 5.69 Å². The molecular formula is C32H25N2O6S-. The van der Waals surface area contributed by atoms with Crippen molar-refractivity contribution >= 4 is 32.4 Å². The van der Waals surface area contributed by atoms with E-state index in [0.717, 1.165) is 16.5 Å². The highest BCUT2D eigenvalue weighted by molar-refractivity contribution is 7.85. The number of methoxy groups -OCH3 is 1. The first-order valence-electron chi connectivity index (χ1n) is 12.8. The number of benzene rings is 4. The number of carbonyl (C=O) groups excluding carboxylic acids is 1. The van der Waals surface area contributed by atoms with Gasteiger partial charge in [-0.05, 0) is 53.3 Å². The summed E-state index contributed by atoms with van der Waals surface area (Å²) in [7, 11) is -2.85. The smallest absolute Gasteiger partial charge is 0.204 e. The standard InChI is InChI=1S/C32H26N2O6S/c1-39-29-16-14-27(25-10-5-6-11-26(25)29)32(35)24(21-33)13-17-31-34(18-7-19-41(36,37)38)28-20-23(12-15-30(28)40-31)22-8-3-2-4-9-22/h2-6,8-17,20H,7,18-19H2,1H3,(H,36,37,38)/p-1/b24-13+,31-17-. The van der Waals surface area contributed by atoms with Gasteiger partial charge in [-0.3, -0.25) is 4.79 Å². The Morgan fingerprint density at radius 3 is 2.44 bits per heavy atom. The van der Waals surface area contributed by atoms with Crippen molar-refractivity contribution in [1.29, 1.82) is 5.26 Å². The number of anilines is 1. The Kier molecular flexibility index (Phi) is 7.88. The van der Waals surface area contributed by atoms with Gasteiger partial charge < -0.3 is 18.9 Å². The van der Waals surface area contributed by atoms with E-state index in [9.17, 15) is 23.0 Å². The highest BCUT2D eigenvalue weighted by Crippen LogP contribution is 2.42. The molecule has 0 atom stereocenters. The number of allylic oxidation sites excluding steroid dienone is 3. The maximum absolute atomic E-state index is 13.5. The topological polar surface area (TPSA) is 120 Å². The number of nitrogens with zero attached hydrogens (tertiary/aromatic N) is 2. The molecule has 0 unspecified atom stereocenters. The predicted molar refractivity (Wildman–Crippen MR) is 156 cm³/mol. The summed E-state index contributed by atoms with van der Waals surface area (Å²) in [6.45, 7) is 0.172. The molecule has 0 saturated heterocycles. The Morgan fingerprint density at radius 2 is 1.73 bits per heavy atom. The van der Waals surface area contributed by atoms with Crippen LogP contribution in [0.2, 0.25) is 0 Å². The summed E-state index contributed by atoms with van der Waals surface area (Å²) >= 11 is 0. The van der Waals surface area contributed by atoms with Crippen LogP contribution >= 0.6 is 0 Å². The van der Waals surface area contributed by atoms with Gasteiger partial charge >= 0.3 is 0 Å². The van der Waals surface area contributed by atoms with Crippen LogP contribution in [-0.2, 0) is 10.1 Å². The normalized spacial score (nSPS) is 14.0. The predicted octanol–water partition coefficient (Wildman–Crippen LogP) is 5.82. The van der Waals surface area contributed by atoms with E-state index < -0.39 is 21.7 Å². The van der Waals surface area contributed by atoms with Gasteiger partial charge in [0.15, 0.2) is 5.75 Å². The van der Waals surface area contributed by atoms with Gasteiger partial charge in [0.05, 0.1) is 22.9 Å². The molecule has 0 radical (unpaired) electrons. The third-order valence-electron chi connectivity index (χ3n) is 6.72. The zero-order valence-electron chi connectivity index (χ0n) is 22.1. The zero-order valence-corrected chi connectivity index (χ0v) is 22.9. The second-order valence-corrected chi connectivity index (χ2v) is 10.8. The summed E-state index contributed by atoms with van der Waals surface area (Å²) in [4.78, 5) is 15.2. The van der Waals surface area contributed by atoms with Gasteiger partial charge in [0.25, 0.3) is 0 Å². The van der Waals surface area contributed by atoms with Gasteiger partial charge in [0, 0.05) is 29.3 Å². The number of nitriles is 1. The molecule has 1 heterocycles. The van der Waals surface area contributed by atoms with Crippen LogP contribution in [0.15, 0.2) is 109 Å². The van der Waals surface area contributed by atoms with E-state index >= 15 is 0 Å². The van der Waals surface area contributed by atoms with Crippen LogP contribution in [0.25, 0.3) is 21.9 Å². The highest BCUT2D eigenvalue weighted by atomic mass is 32.2. The summed E-state index contributed by atoms with van der Waals surface area (Å²) in [5.74, 6) is 0.444. The molecule has 0 aliphatic carbocycles. The summed E-state index contributed by atoms with van der Waals surface area (Å²) in [5, 5.41) is 11.3. The monoisotopic (exact) mass is 565 g/mol. The molecule has 1 aliphatic heterocycles. The fourth-order valence-corrected chi connectivity index (χ4v) is 5.26. The van der Waals surface area contributed by atoms with E-state index in [0.29, 0.717) is 34.0 Å². The second-order valence-electron chi connectivity index (χ2n) is 9.30. The molecule has 41 heavy (non-hydrogen) atoms. The lowest BCUT2D eigenvalue weighted by atomic mass is 9.97. The van der Waals surface area contributed by atoms with Crippen molar-refractivity contribution in [1.82, 2.24) is 0 Å². The Balaban J connectivity index is 1.50. The first-order valence-corrected chi connectivity index (χ1v) is 14.4. The average molecular weight is 566 g/mol. The molecule has 0 aromatic heterocycles. The van der Waals surface area contributed by atoms with E-state index in [1.807, 2.05) is 66.7 Å². The van der Waals surface area contributed by atoms with Gasteiger partial charge in [0.2, 0.25) is 11.7 Å². The van der Waals surface area contributed by atoms with E-state index in [1.165, 1.54) is 12.2 Å². The van der Waals surface area contributed by atoms with Crippen molar-refractivity contribution in [2.24, 2.45) is 0 Å². The van der Waals surface area contributed by atoms with Crippen LogP contribution in [0.1, 0.15) is 16.8 Å². The molecule has 206 valence electrons. The number of hydrogen-bond donors (Lipinski definition) is 0. The summed E-state index contributed by atoms with van der Waals surface area (Å²) in [5.41, 5.74) is 2.83. The number of fused-ring (bicyclic) bond motifs is 2. The van der Waals surface area contributed by atoms with Crippen LogP contribution < -0.4 is 14.4 Å². The molecule has 8 nitrogen and oxygen atoms in total. The van der Waals surface area contributed by atoms with Gasteiger partial charge in [-0.25, -0.2) is 8.42 Å². The minimum atomic E-state index is -4.40. The fourth-order valence-electron chi connectivity index (χ4n) is 4.78. The first kappa shape index (κ1) is 27.6. The van der Waals surface area contributed by atoms with Crippen LogP contribution in [0, 0.1) is 11.3 Å². The third-order valence-corrected chi connectivity index (χ3v) is 7.51. The first-order chi connectivity index (χ1) is 19.8. The minimum Gasteiger partial charge on any atom is -0.748 e. The lowest BCUT2D eigenvalue weighted by molar-refractivity contribution is 0.104. The van der Waals surface area contributed by atoms with Crippen molar-refractivity contribution in [2.75, 3.05) is 24.3 Å². The van der Waals surface area contributed by atoms with Gasteiger partial charge in [-0.15, -0.1) is 0 Å². The lowest BCUT2D eigenvalue weighted by Gasteiger charge is -2.19. The number of rotatable bonds is 9. The Hall–Kier alpha value is -4.91. The maximum atomic E-state index is 13.5. The molecule has 0 bridgehead atoms. The number of carbonyl (C=O) groups is 1. The molecular weight excluding hydrogens is 540 g/mol. The zero-order chi connectivity index (χ0) is 29.0. The summed E-state index contributed by atoms with van der Waals surface area (Å²) in [6, 6.07) is 28.0. The Morgan fingerprint density at radius 1 is 1.00 bits per heavy atom. The molecule has 1 aliphatic rings. The Bertz CT molecular complexity index is 1840. The number of hydrogen-bond acceptors (Lipinski definition) is 8. The summed E-state index contributed by atoms with van der Waals surface area (Å²) in [6.07, 6.45) is 2.96. The van der Waals surface area contributed by atoms with Gasteiger partial charge in [-0.2, -0.15) is 5.26 Å². The van der Waals surface area contributed by atoms with Crippen LogP contribution in [-0.4, -0.2) is 38.2 Å². The molecule has 0 spiro atoms. The molecule has 4 aromatic rings. The average Bonchev–Trinajstić information content (AvgIpc) is 3.33. The number of ketones is 1. The van der Waals surface area contributed by atoms with Crippen molar-refractivity contribution in [2.45, 2.75) is 6.42 Å². The molecule has 0 N–H and O–H groups in total. The third kappa shape index (κ3) is 5.99. The van der Waals surface area contributed by atoms with Crippen molar-refractivity contribution in [3.8, 4) is 28.7 Å². The van der Waals surface area contributed by atoms with E-state index in [1.54, 1.807) is 36.3 Å². The van der Waals surface area contributed by atoms with E-state index in [-0.39, 0.29) is 18.5 Å². The number of ether oxygens (including phenoxy) is 2. The quantitative estimate of drug-likeness (QED) is 0.108. The van der Waals surface area contributed by atoms with Crippen molar-refractivity contribution < 1.29 is 27.2 Å². The van der Waals surface area contributed by atoms with E-state index in [2.05, 4.69) is 0 Å². The molecule has 5 rings (SSSR count). The van der Waals surface area contributed by atoms with Crippen LogP contribution in [0.3, 0.4) is 0 Å². The molecule has 0 fully saturated rings. The van der Waals surface area contributed by atoms with E-state index in [4.69, 9.17) is 9.47 Å². The van der Waals surface area contributed by atoms with Gasteiger partial charge in [0.1, 0.15) is 17.4 Å². The molecule has 0 saturated carbocycles. The Labute approximate surface area is 238 Å². The largest absolute Gasteiger partial charge is 0.748 e. The van der Waals surface area contributed by atoms with Crippen molar-refractivity contribution in [3.05, 3.63) is 114 Å². The van der Waals surface area contributed by atoms with Gasteiger partial charge in [-0.1, -0.05) is 60.7 Å². The molecule has 4 aromatic carbocycles. The molecule has 0 amide bonds. The molecule has 9 heteroatoms. The highest BCUT2D eigenvalue weighted by Gasteiger charge is 2.27. The lowest BCUT2D eigenvalue weighted by Crippen LogP contribution is -2.23. The van der Waals surface area contributed by atoms with Crippen LogP contribution in [0.5, 0.6) is 11.5 Å². The fraction of sp³-hybridized carbons (Fsp3) is 0.125. The minimum absolute atomic E-state index is 0.0626. The SMILES string of the molecule is COc1ccc(C(=O)/C(C#N)=C/C=C2\Oc3ccc(-c4ccccc4)cc3N2CCCS(=O)(=O)[O-])c2ccccc12.